The first-order valence-corrected chi connectivity index (χ1v) is 7.70. The van der Waals surface area contributed by atoms with Gasteiger partial charge >= 0.3 is 0 Å². The number of Topliss-reactive ketones (excluding diaryl/α,β-unsaturated/α-hetero) is 1. The van der Waals surface area contributed by atoms with Gasteiger partial charge in [0.25, 0.3) is 0 Å². The largest absolute Gasteiger partial charge is 0.399 e. The van der Waals surface area contributed by atoms with E-state index in [0.29, 0.717) is 21.4 Å². The number of hydrogen-bond acceptors (Lipinski definition) is 3. The molecule has 2 unspecified atom stereocenters. The highest BCUT2D eigenvalue weighted by Gasteiger charge is 2.26. The lowest BCUT2D eigenvalue weighted by molar-refractivity contribution is -0.121. The van der Waals surface area contributed by atoms with Gasteiger partial charge in [0.2, 0.25) is 0 Å². The molecule has 0 aliphatic carbocycles. The lowest BCUT2D eigenvalue weighted by Crippen LogP contribution is -2.17. The molecule has 0 spiro atoms. The molecular weight excluding hydrogens is 319 g/mol. The molecule has 0 saturated carbocycles. The van der Waals surface area contributed by atoms with Crippen LogP contribution in [0.1, 0.15) is 36.8 Å². The Labute approximate surface area is 140 Å². The Morgan fingerprint density at radius 2 is 1.23 bits per heavy atom. The van der Waals surface area contributed by atoms with E-state index in [4.69, 9.17) is 34.7 Å². The maximum atomic E-state index is 12.8. The number of carbonyl (C=O) groups is 1. The van der Waals surface area contributed by atoms with E-state index in [2.05, 4.69) is 0 Å². The van der Waals surface area contributed by atoms with E-state index < -0.39 is 0 Å². The maximum absolute atomic E-state index is 12.8. The van der Waals surface area contributed by atoms with Gasteiger partial charge in [-0.2, -0.15) is 0 Å². The fourth-order valence-electron chi connectivity index (χ4n) is 2.47. The van der Waals surface area contributed by atoms with E-state index in [1.54, 1.807) is 36.4 Å². The summed E-state index contributed by atoms with van der Waals surface area (Å²) in [6.45, 7) is 3.64. The SMILES string of the molecule is CC(C(=O)C(C)c1cc(N)ccc1Cl)c1cc(N)ccc1Cl. The summed E-state index contributed by atoms with van der Waals surface area (Å²) in [6, 6.07) is 10.3. The van der Waals surface area contributed by atoms with Gasteiger partial charge in [0.1, 0.15) is 5.78 Å². The first kappa shape index (κ1) is 16.7. The van der Waals surface area contributed by atoms with E-state index in [0.717, 1.165) is 11.1 Å². The van der Waals surface area contributed by atoms with Gasteiger partial charge in [0, 0.05) is 33.3 Å². The van der Waals surface area contributed by atoms with Crippen LogP contribution >= 0.6 is 23.2 Å². The molecule has 0 aliphatic heterocycles. The molecule has 3 nitrogen and oxygen atoms in total. The summed E-state index contributed by atoms with van der Waals surface area (Å²) in [7, 11) is 0. The third-order valence-electron chi connectivity index (χ3n) is 3.83. The molecule has 2 aromatic carbocycles. The molecule has 0 aromatic heterocycles. The summed E-state index contributed by atoms with van der Waals surface area (Å²) in [5, 5.41) is 1.06. The van der Waals surface area contributed by atoms with Crippen molar-refractivity contribution >= 4 is 40.4 Å². The summed E-state index contributed by atoms with van der Waals surface area (Å²) < 4.78 is 0. The van der Waals surface area contributed by atoms with Crippen LogP contribution in [0.3, 0.4) is 0 Å². The molecule has 116 valence electrons. The molecule has 0 radical (unpaired) electrons. The number of halogens is 2. The number of rotatable bonds is 4. The minimum Gasteiger partial charge on any atom is -0.399 e. The number of nitrogen functional groups attached to an aromatic ring is 2. The number of benzene rings is 2. The highest BCUT2D eigenvalue weighted by molar-refractivity contribution is 6.32. The van der Waals surface area contributed by atoms with Crippen molar-refractivity contribution in [2.45, 2.75) is 25.7 Å². The molecule has 2 atom stereocenters. The lowest BCUT2D eigenvalue weighted by atomic mass is 9.85. The van der Waals surface area contributed by atoms with Gasteiger partial charge in [0.15, 0.2) is 0 Å². The average Bonchev–Trinajstić information content (AvgIpc) is 2.50. The summed E-state index contributed by atoms with van der Waals surface area (Å²) >= 11 is 12.4. The van der Waals surface area contributed by atoms with Gasteiger partial charge in [-0.3, -0.25) is 4.79 Å². The Hall–Kier alpha value is -1.71. The van der Waals surface area contributed by atoms with Gasteiger partial charge < -0.3 is 11.5 Å². The second-order valence-corrected chi connectivity index (χ2v) is 6.22. The van der Waals surface area contributed by atoms with Crippen LogP contribution in [-0.4, -0.2) is 5.78 Å². The number of hydrogen-bond donors (Lipinski definition) is 2. The van der Waals surface area contributed by atoms with Gasteiger partial charge in [-0.1, -0.05) is 37.0 Å². The molecule has 0 bridgehead atoms. The van der Waals surface area contributed by atoms with Crippen LogP contribution in [0.15, 0.2) is 36.4 Å². The molecule has 2 aromatic rings. The molecule has 0 amide bonds. The molecule has 0 heterocycles. The zero-order valence-electron chi connectivity index (χ0n) is 12.4. The standard InChI is InChI=1S/C17H18Cl2N2O/c1-9(13-7-11(20)3-5-15(13)18)17(22)10(2)14-8-12(21)4-6-16(14)19/h3-10H,20-21H2,1-2H3. The predicted molar refractivity (Wildman–Crippen MR) is 93.6 cm³/mol. The van der Waals surface area contributed by atoms with Crippen molar-refractivity contribution < 1.29 is 4.79 Å². The van der Waals surface area contributed by atoms with Crippen LogP contribution in [0.25, 0.3) is 0 Å². The fourth-order valence-corrected chi connectivity index (χ4v) is 3.03. The Morgan fingerprint density at radius 3 is 1.59 bits per heavy atom. The van der Waals surface area contributed by atoms with Gasteiger partial charge in [-0.25, -0.2) is 0 Å². The van der Waals surface area contributed by atoms with Crippen molar-refractivity contribution in [2.75, 3.05) is 11.5 Å². The molecule has 0 aliphatic rings. The smallest absolute Gasteiger partial charge is 0.147 e. The number of anilines is 2. The molecule has 4 N–H and O–H groups in total. The van der Waals surface area contributed by atoms with Gasteiger partial charge in [-0.05, 0) is 47.5 Å². The van der Waals surface area contributed by atoms with Crippen molar-refractivity contribution in [3.05, 3.63) is 57.6 Å². The zero-order chi connectivity index (χ0) is 16.4. The van der Waals surface area contributed by atoms with Crippen LogP contribution in [-0.2, 0) is 4.79 Å². The molecule has 22 heavy (non-hydrogen) atoms. The Bertz CT molecular complexity index is 656. The number of carbonyl (C=O) groups excluding carboxylic acids is 1. The molecule has 2 rings (SSSR count). The first-order chi connectivity index (χ1) is 10.3. The fraction of sp³-hybridized carbons (Fsp3) is 0.235. The van der Waals surface area contributed by atoms with Crippen molar-refractivity contribution in [1.82, 2.24) is 0 Å². The van der Waals surface area contributed by atoms with Crippen molar-refractivity contribution in [3.63, 3.8) is 0 Å². The third kappa shape index (κ3) is 3.37. The zero-order valence-corrected chi connectivity index (χ0v) is 13.9. The van der Waals surface area contributed by atoms with E-state index >= 15 is 0 Å². The van der Waals surface area contributed by atoms with Gasteiger partial charge in [-0.15, -0.1) is 0 Å². The van der Waals surface area contributed by atoms with E-state index in [1.165, 1.54) is 0 Å². The summed E-state index contributed by atoms with van der Waals surface area (Å²) in [4.78, 5) is 12.8. The molecular formula is C17H18Cl2N2O. The van der Waals surface area contributed by atoms with Crippen LogP contribution in [0.5, 0.6) is 0 Å². The average molecular weight is 337 g/mol. The van der Waals surface area contributed by atoms with E-state index in [1.807, 2.05) is 13.8 Å². The topological polar surface area (TPSA) is 69.1 Å². The Kier molecular flexibility index (Phi) is 4.99. The second-order valence-electron chi connectivity index (χ2n) is 5.41. The number of nitrogens with two attached hydrogens (primary N) is 2. The highest BCUT2D eigenvalue weighted by atomic mass is 35.5. The molecule has 5 heteroatoms. The molecule has 0 fully saturated rings. The van der Waals surface area contributed by atoms with Crippen LogP contribution in [0, 0.1) is 0 Å². The lowest BCUT2D eigenvalue weighted by Gasteiger charge is -2.19. The Balaban J connectivity index is 2.34. The Morgan fingerprint density at radius 1 is 0.864 bits per heavy atom. The van der Waals surface area contributed by atoms with Crippen molar-refractivity contribution in [2.24, 2.45) is 0 Å². The summed E-state index contributed by atoms with van der Waals surface area (Å²) in [6.07, 6.45) is 0. The van der Waals surface area contributed by atoms with Crippen LogP contribution < -0.4 is 11.5 Å². The normalized spacial score (nSPS) is 13.6. The van der Waals surface area contributed by atoms with E-state index in [9.17, 15) is 4.79 Å². The highest BCUT2D eigenvalue weighted by Crippen LogP contribution is 2.34. The third-order valence-corrected chi connectivity index (χ3v) is 4.52. The molecule has 0 saturated heterocycles. The summed E-state index contributed by atoms with van der Waals surface area (Å²) in [5.41, 5.74) is 14.2. The van der Waals surface area contributed by atoms with Crippen molar-refractivity contribution in [1.29, 1.82) is 0 Å². The van der Waals surface area contributed by atoms with Crippen molar-refractivity contribution in [3.8, 4) is 0 Å². The second kappa shape index (κ2) is 6.59. The van der Waals surface area contributed by atoms with Crippen LogP contribution in [0.4, 0.5) is 11.4 Å². The predicted octanol–water partition coefficient (Wildman–Crippen LogP) is 4.63. The minimum absolute atomic E-state index is 0.0139. The van der Waals surface area contributed by atoms with E-state index in [-0.39, 0.29) is 17.6 Å². The quantitative estimate of drug-likeness (QED) is 0.799. The summed E-state index contributed by atoms with van der Waals surface area (Å²) in [5.74, 6) is -0.757. The van der Waals surface area contributed by atoms with Gasteiger partial charge in [0.05, 0.1) is 0 Å². The minimum atomic E-state index is -0.386. The maximum Gasteiger partial charge on any atom is 0.147 e. The van der Waals surface area contributed by atoms with Crippen LogP contribution in [0.2, 0.25) is 10.0 Å². The monoisotopic (exact) mass is 336 g/mol. The number of ketones is 1. The first-order valence-electron chi connectivity index (χ1n) is 6.94.